The van der Waals surface area contributed by atoms with Crippen LogP contribution in [0.15, 0.2) is 121 Å². The van der Waals surface area contributed by atoms with Crippen LogP contribution in [0, 0.1) is 11.8 Å². The number of hydrogen-bond donors (Lipinski definition) is 0. The zero-order valence-electron chi connectivity index (χ0n) is 25.7. The molecule has 0 aliphatic heterocycles. The summed E-state index contributed by atoms with van der Waals surface area (Å²) in [5.41, 5.74) is 1.37. The first-order valence-corrected chi connectivity index (χ1v) is 14.5. The van der Waals surface area contributed by atoms with Crippen molar-refractivity contribution in [1.82, 2.24) is 0 Å². The SMILES string of the molecule is CC(=O)c1ccc(Oc2ccccc2)cc1.CC(C)C/C=C/C(=O)c1ccc(Oc2ccccc2)cc1.CC(C)CC=O. The third kappa shape index (κ3) is 14.6. The Morgan fingerprint density at radius 3 is 1.33 bits per heavy atom. The summed E-state index contributed by atoms with van der Waals surface area (Å²) in [4.78, 5) is 32.7. The van der Waals surface area contributed by atoms with Crippen LogP contribution in [0.3, 0.4) is 0 Å². The Bertz CT molecular complexity index is 1390. The number of allylic oxidation sites excluding steroid dienone is 2. The van der Waals surface area contributed by atoms with Crippen LogP contribution in [-0.2, 0) is 4.79 Å². The van der Waals surface area contributed by atoms with Crippen LogP contribution in [0.25, 0.3) is 0 Å². The van der Waals surface area contributed by atoms with Crippen molar-refractivity contribution >= 4 is 17.9 Å². The summed E-state index contributed by atoms with van der Waals surface area (Å²) in [6.45, 7) is 9.85. The number of benzene rings is 4. The van der Waals surface area contributed by atoms with Crippen LogP contribution in [-0.4, -0.2) is 17.9 Å². The number of aldehydes is 1. The summed E-state index contributed by atoms with van der Waals surface area (Å²) in [7, 11) is 0. The number of hydrogen-bond acceptors (Lipinski definition) is 5. The van der Waals surface area contributed by atoms with Crippen LogP contribution in [0.4, 0.5) is 0 Å². The highest BCUT2D eigenvalue weighted by Gasteiger charge is 2.03. The minimum Gasteiger partial charge on any atom is -0.457 e. The molecule has 0 aromatic heterocycles. The Balaban J connectivity index is 0.000000259. The van der Waals surface area contributed by atoms with Crippen LogP contribution < -0.4 is 9.47 Å². The maximum Gasteiger partial charge on any atom is 0.185 e. The maximum absolute atomic E-state index is 12.0. The molecule has 224 valence electrons. The van der Waals surface area contributed by atoms with E-state index < -0.39 is 0 Å². The van der Waals surface area contributed by atoms with E-state index in [1.165, 1.54) is 0 Å². The van der Waals surface area contributed by atoms with Gasteiger partial charge in [-0.1, -0.05) is 70.2 Å². The van der Waals surface area contributed by atoms with Crippen molar-refractivity contribution in [1.29, 1.82) is 0 Å². The Labute approximate surface area is 256 Å². The molecule has 0 heterocycles. The highest BCUT2D eigenvalue weighted by Crippen LogP contribution is 2.22. The van der Waals surface area contributed by atoms with Crippen molar-refractivity contribution in [2.45, 2.75) is 47.5 Å². The molecule has 0 bridgehead atoms. The van der Waals surface area contributed by atoms with Crippen molar-refractivity contribution in [2.75, 3.05) is 0 Å². The number of ether oxygens (including phenoxy) is 2. The summed E-state index contributed by atoms with van der Waals surface area (Å²) < 4.78 is 11.3. The topological polar surface area (TPSA) is 69.7 Å². The van der Waals surface area contributed by atoms with Crippen molar-refractivity contribution < 1.29 is 23.9 Å². The molecular weight excluding hydrogens is 536 g/mol. The highest BCUT2D eigenvalue weighted by molar-refractivity contribution is 6.04. The van der Waals surface area contributed by atoms with Crippen LogP contribution in [0.1, 0.15) is 68.2 Å². The molecule has 0 atom stereocenters. The lowest BCUT2D eigenvalue weighted by Crippen LogP contribution is -1.94. The van der Waals surface area contributed by atoms with E-state index in [0.717, 1.165) is 35.7 Å². The van der Waals surface area contributed by atoms with Gasteiger partial charge in [-0.2, -0.15) is 0 Å². The molecule has 0 fully saturated rings. The lowest BCUT2D eigenvalue weighted by atomic mass is 10.1. The standard InChI is InChI=1S/C19H20O2.C14H12O2.C5H10O/c1-15(2)7-6-10-19(20)16-11-13-18(14-12-16)21-17-8-4-3-5-9-17;1-11(15)12-7-9-14(10-8-12)16-13-5-3-2-4-6-13;1-5(2)3-4-6/h3-6,8-15H,7H2,1-2H3;2-10H,1H3;4-5H,3H2,1-2H3/b10-6+;;. The zero-order chi connectivity index (χ0) is 31.5. The minimum atomic E-state index is 0.0295. The number of carbonyl (C=O) groups excluding carboxylic acids is 3. The van der Waals surface area contributed by atoms with E-state index in [9.17, 15) is 14.4 Å². The molecule has 5 nitrogen and oxygen atoms in total. The molecular formula is C38H42O5. The molecule has 0 spiro atoms. The first-order valence-electron chi connectivity index (χ1n) is 14.5. The van der Waals surface area contributed by atoms with Crippen LogP contribution >= 0.6 is 0 Å². The molecule has 5 heteroatoms. The summed E-state index contributed by atoms with van der Waals surface area (Å²) in [5, 5.41) is 0. The average Bonchev–Trinajstić information content (AvgIpc) is 2.99. The van der Waals surface area contributed by atoms with Crippen LogP contribution in [0.2, 0.25) is 0 Å². The Morgan fingerprint density at radius 2 is 0.977 bits per heavy atom. The Hall–Kier alpha value is -4.77. The molecule has 43 heavy (non-hydrogen) atoms. The summed E-state index contributed by atoms with van der Waals surface area (Å²) in [5.74, 6) is 4.22. The fraction of sp³-hybridized carbons (Fsp3) is 0.237. The molecule has 0 saturated heterocycles. The van der Waals surface area contributed by atoms with Crippen molar-refractivity contribution in [3.8, 4) is 23.0 Å². The van der Waals surface area contributed by atoms with Gasteiger partial charge in [-0.05, 0) is 104 Å². The zero-order valence-corrected chi connectivity index (χ0v) is 25.7. The quantitative estimate of drug-likeness (QED) is 0.101. The van der Waals surface area contributed by atoms with E-state index in [1.54, 1.807) is 49.4 Å². The number of Topliss-reactive ketones (excluding diaryl/α,β-unsaturated/α-hetero) is 1. The van der Waals surface area contributed by atoms with Gasteiger partial charge in [0.2, 0.25) is 0 Å². The number of rotatable bonds is 11. The van der Waals surface area contributed by atoms with E-state index in [1.807, 2.05) is 92.7 Å². The molecule has 4 aromatic rings. The fourth-order valence-corrected chi connectivity index (χ4v) is 3.43. The van der Waals surface area contributed by atoms with Crippen molar-refractivity contribution in [2.24, 2.45) is 11.8 Å². The van der Waals surface area contributed by atoms with Crippen molar-refractivity contribution in [3.63, 3.8) is 0 Å². The van der Waals surface area contributed by atoms with Gasteiger partial charge in [-0.15, -0.1) is 0 Å². The second kappa shape index (κ2) is 19.4. The van der Waals surface area contributed by atoms with E-state index in [4.69, 9.17) is 9.47 Å². The van der Waals surface area contributed by atoms with E-state index in [-0.39, 0.29) is 11.6 Å². The minimum absolute atomic E-state index is 0.0295. The van der Waals surface area contributed by atoms with Crippen LogP contribution in [0.5, 0.6) is 23.0 Å². The van der Waals surface area contributed by atoms with E-state index >= 15 is 0 Å². The Kier molecular flexibility index (Phi) is 15.5. The number of para-hydroxylation sites is 2. The van der Waals surface area contributed by atoms with Gasteiger partial charge in [0.05, 0.1) is 0 Å². The molecule has 0 N–H and O–H groups in total. The molecule has 0 unspecified atom stereocenters. The first kappa shape index (κ1) is 34.4. The molecule has 0 aliphatic rings. The van der Waals surface area contributed by atoms with Gasteiger partial charge in [0, 0.05) is 17.5 Å². The fourth-order valence-electron chi connectivity index (χ4n) is 3.43. The lowest BCUT2D eigenvalue weighted by molar-refractivity contribution is -0.108. The largest absolute Gasteiger partial charge is 0.457 e. The predicted molar refractivity (Wildman–Crippen MR) is 174 cm³/mol. The second-order valence-electron chi connectivity index (χ2n) is 10.6. The van der Waals surface area contributed by atoms with Gasteiger partial charge in [-0.25, -0.2) is 0 Å². The average molecular weight is 579 g/mol. The van der Waals surface area contributed by atoms with Gasteiger partial charge in [0.25, 0.3) is 0 Å². The molecule has 0 saturated carbocycles. The number of carbonyl (C=O) groups is 3. The summed E-state index contributed by atoms with van der Waals surface area (Å²) in [6.07, 6.45) is 6.14. The van der Waals surface area contributed by atoms with Gasteiger partial charge < -0.3 is 14.3 Å². The third-order valence-electron chi connectivity index (χ3n) is 5.80. The third-order valence-corrected chi connectivity index (χ3v) is 5.80. The first-order chi connectivity index (χ1) is 20.7. The molecule has 0 amide bonds. The van der Waals surface area contributed by atoms with Gasteiger partial charge in [0.15, 0.2) is 11.6 Å². The summed E-state index contributed by atoms with van der Waals surface area (Å²) in [6, 6.07) is 33.5. The van der Waals surface area contributed by atoms with Crippen molar-refractivity contribution in [3.05, 3.63) is 132 Å². The van der Waals surface area contributed by atoms with E-state index in [2.05, 4.69) is 13.8 Å². The molecule has 4 rings (SSSR count). The number of ketones is 2. The monoisotopic (exact) mass is 578 g/mol. The van der Waals surface area contributed by atoms with E-state index in [0.29, 0.717) is 29.4 Å². The van der Waals surface area contributed by atoms with Gasteiger partial charge >= 0.3 is 0 Å². The smallest absolute Gasteiger partial charge is 0.185 e. The Morgan fingerprint density at radius 1 is 0.581 bits per heavy atom. The van der Waals surface area contributed by atoms with Gasteiger partial charge in [-0.3, -0.25) is 9.59 Å². The maximum atomic E-state index is 12.0. The predicted octanol–water partition coefficient (Wildman–Crippen LogP) is 10.2. The summed E-state index contributed by atoms with van der Waals surface area (Å²) >= 11 is 0. The second-order valence-corrected chi connectivity index (χ2v) is 10.6. The lowest BCUT2D eigenvalue weighted by Gasteiger charge is -2.05. The van der Waals surface area contributed by atoms with Gasteiger partial charge in [0.1, 0.15) is 29.3 Å². The molecule has 0 radical (unpaired) electrons. The molecule has 4 aromatic carbocycles. The normalized spacial score (nSPS) is 10.3. The molecule has 0 aliphatic carbocycles. The highest BCUT2D eigenvalue weighted by atomic mass is 16.5.